The first-order valence-corrected chi connectivity index (χ1v) is 9.31. The highest BCUT2D eigenvalue weighted by molar-refractivity contribution is 6.69. The van der Waals surface area contributed by atoms with Gasteiger partial charge in [-0.3, -0.25) is 0 Å². The minimum Gasteiger partial charge on any atom is -0.413 e. The van der Waals surface area contributed by atoms with Crippen LogP contribution in [0.2, 0.25) is 19.6 Å². The fourth-order valence-electron chi connectivity index (χ4n) is 2.10. The fraction of sp³-hybridized carbons (Fsp3) is 1.00. The Labute approximate surface area is 95.5 Å². The SMILES string of the molecule is CC(C)(CC[C@H]1OC1(C)C)O[Si](C)(C)C. The number of epoxide rings is 1. The summed E-state index contributed by atoms with van der Waals surface area (Å²) in [5.41, 5.74) is 0.127. The predicted octanol–water partition coefficient (Wildman–Crippen LogP) is 3.57. The summed E-state index contributed by atoms with van der Waals surface area (Å²) >= 11 is 0. The van der Waals surface area contributed by atoms with E-state index in [0.717, 1.165) is 12.8 Å². The van der Waals surface area contributed by atoms with Crippen molar-refractivity contribution in [3.05, 3.63) is 0 Å². The molecule has 0 aromatic carbocycles. The number of hydrogen-bond donors (Lipinski definition) is 0. The molecule has 0 unspecified atom stereocenters. The highest BCUT2D eigenvalue weighted by Gasteiger charge is 2.47. The minimum absolute atomic E-state index is 0.00645. The van der Waals surface area contributed by atoms with E-state index in [1.807, 2.05) is 0 Å². The zero-order valence-electron chi connectivity index (χ0n) is 11.3. The Balaban J connectivity index is 2.31. The van der Waals surface area contributed by atoms with Crippen LogP contribution in [0.3, 0.4) is 0 Å². The summed E-state index contributed by atoms with van der Waals surface area (Å²) in [6.07, 6.45) is 2.65. The van der Waals surface area contributed by atoms with Crippen molar-refractivity contribution in [3.8, 4) is 0 Å². The van der Waals surface area contributed by atoms with Crippen LogP contribution in [0.4, 0.5) is 0 Å². The van der Waals surface area contributed by atoms with E-state index < -0.39 is 8.32 Å². The molecule has 1 rings (SSSR count). The quantitative estimate of drug-likeness (QED) is 0.532. The van der Waals surface area contributed by atoms with Crippen LogP contribution in [0.5, 0.6) is 0 Å². The maximum Gasteiger partial charge on any atom is 0.184 e. The van der Waals surface area contributed by atoms with Crippen LogP contribution >= 0.6 is 0 Å². The van der Waals surface area contributed by atoms with Crippen molar-refractivity contribution >= 4 is 8.32 Å². The number of hydrogen-bond acceptors (Lipinski definition) is 2. The maximum atomic E-state index is 6.15. The molecule has 1 saturated heterocycles. The van der Waals surface area contributed by atoms with Crippen molar-refractivity contribution < 1.29 is 9.16 Å². The molecule has 0 saturated carbocycles. The van der Waals surface area contributed by atoms with Crippen molar-refractivity contribution in [2.75, 3.05) is 0 Å². The predicted molar refractivity (Wildman–Crippen MR) is 66.7 cm³/mol. The Kier molecular flexibility index (Phi) is 3.40. The molecule has 0 bridgehead atoms. The molecule has 1 aliphatic heterocycles. The normalized spacial score (nSPS) is 25.4. The van der Waals surface area contributed by atoms with Crippen LogP contribution in [-0.4, -0.2) is 25.6 Å². The summed E-state index contributed by atoms with van der Waals surface area (Å²) in [4.78, 5) is 0. The van der Waals surface area contributed by atoms with Crippen molar-refractivity contribution in [1.29, 1.82) is 0 Å². The van der Waals surface area contributed by atoms with E-state index in [1.54, 1.807) is 0 Å². The smallest absolute Gasteiger partial charge is 0.184 e. The Hall–Kier alpha value is 0.137. The molecule has 0 amide bonds. The molecule has 0 aliphatic carbocycles. The summed E-state index contributed by atoms with van der Waals surface area (Å²) in [6, 6.07) is 0. The number of ether oxygens (including phenoxy) is 1. The van der Waals surface area contributed by atoms with Gasteiger partial charge in [0.15, 0.2) is 8.32 Å². The lowest BCUT2D eigenvalue weighted by atomic mass is 9.98. The lowest BCUT2D eigenvalue weighted by molar-refractivity contribution is 0.0861. The molecule has 3 heteroatoms. The molecule has 0 aromatic rings. The highest BCUT2D eigenvalue weighted by Crippen LogP contribution is 2.40. The van der Waals surface area contributed by atoms with Crippen LogP contribution in [-0.2, 0) is 9.16 Å². The van der Waals surface area contributed by atoms with Gasteiger partial charge in [-0.2, -0.15) is 0 Å². The average molecular weight is 230 g/mol. The lowest BCUT2D eigenvalue weighted by Crippen LogP contribution is -2.38. The van der Waals surface area contributed by atoms with Crippen molar-refractivity contribution in [3.63, 3.8) is 0 Å². The van der Waals surface area contributed by atoms with E-state index in [9.17, 15) is 0 Å². The monoisotopic (exact) mass is 230 g/mol. The van der Waals surface area contributed by atoms with Gasteiger partial charge in [-0.05, 0) is 60.2 Å². The van der Waals surface area contributed by atoms with Crippen molar-refractivity contribution in [1.82, 2.24) is 0 Å². The second kappa shape index (κ2) is 3.86. The molecule has 0 N–H and O–H groups in total. The Morgan fingerprint density at radius 2 is 1.73 bits per heavy atom. The van der Waals surface area contributed by atoms with Crippen LogP contribution in [0.25, 0.3) is 0 Å². The average Bonchev–Trinajstić information content (AvgIpc) is 2.50. The van der Waals surface area contributed by atoms with Crippen LogP contribution < -0.4 is 0 Å². The van der Waals surface area contributed by atoms with E-state index >= 15 is 0 Å². The third-order valence-corrected chi connectivity index (χ3v) is 3.92. The Morgan fingerprint density at radius 1 is 1.27 bits per heavy atom. The second-order valence-electron chi connectivity index (χ2n) is 6.72. The van der Waals surface area contributed by atoms with Gasteiger partial charge in [0.2, 0.25) is 0 Å². The minimum atomic E-state index is -1.42. The summed E-state index contributed by atoms with van der Waals surface area (Å²) in [7, 11) is -1.42. The molecule has 0 aromatic heterocycles. The van der Waals surface area contributed by atoms with Gasteiger partial charge in [0.1, 0.15) is 0 Å². The first kappa shape index (κ1) is 13.2. The fourth-order valence-corrected chi connectivity index (χ4v) is 3.86. The molecule has 15 heavy (non-hydrogen) atoms. The Bertz CT molecular complexity index is 228. The van der Waals surface area contributed by atoms with Crippen LogP contribution in [0, 0.1) is 0 Å². The molecule has 1 atom stereocenters. The summed E-state index contributed by atoms with van der Waals surface area (Å²) in [6.45, 7) is 15.4. The van der Waals surface area contributed by atoms with Gasteiger partial charge in [0.05, 0.1) is 17.3 Å². The molecule has 1 fully saturated rings. The third kappa shape index (κ3) is 4.66. The highest BCUT2D eigenvalue weighted by atomic mass is 28.4. The zero-order valence-corrected chi connectivity index (χ0v) is 12.3. The van der Waals surface area contributed by atoms with Crippen LogP contribution in [0.15, 0.2) is 0 Å². The topological polar surface area (TPSA) is 21.8 Å². The summed E-state index contributed by atoms with van der Waals surface area (Å²) in [5.74, 6) is 0. The maximum absolute atomic E-state index is 6.15. The van der Waals surface area contributed by atoms with Gasteiger partial charge in [-0.1, -0.05) is 0 Å². The molecule has 0 radical (unpaired) electrons. The molecule has 1 heterocycles. The van der Waals surface area contributed by atoms with E-state index in [4.69, 9.17) is 9.16 Å². The molecule has 1 aliphatic rings. The molecule has 0 spiro atoms. The molecular weight excluding hydrogens is 204 g/mol. The largest absolute Gasteiger partial charge is 0.413 e. The standard InChI is InChI=1S/C12H26O2Si/c1-11(2,14-15(5,6)7)9-8-10-12(3,4)13-10/h10H,8-9H2,1-7H3/t10-/m1/s1. The second-order valence-corrected chi connectivity index (χ2v) is 11.2. The summed E-state index contributed by atoms with van der Waals surface area (Å²) in [5, 5.41) is 0. The first-order chi connectivity index (χ1) is 6.52. The van der Waals surface area contributed by atoms with Gasteiger partial charge < -0.3 is 9.16 Å². The first-order valence-electron chi connectivity index (χ1n) is 5.90. The lowest BCUT2D eigenvalue weighted by Gasteiger charge is -2.33. The molecule has 2 nitrogen and oxygen atoms in total. The van der Waals surface area contributed by atoms with Gasteiger partial charge in [-0.25, -0.2) is 0 Å². The van der Waals surface area contributed by atoms with E-state index in [1.165, 1.54) is 0 Å². The van der Waals surface area contributed by atoms with Gasteiger partial charge in [0.25, 0.3) is 0 Å². The van der Waals surface area contributed by atoms with Crippen molar-refractivity contribution in [2.45, 2.75) is 77.5 Å². The number of rotatable bonds is 5. The van der Waals surface area contributed by atoms with E-state index in [-0.39, 0.29) is 11.2 Å². The van der Waals surface area contributed by atoms with Gasteiger partial charge in [-0.15, -0.1) is 0 Å². The van der Waals surface area contributed by atoms with Crippen molar-refractivity contribution in [2.24, 2.45) is 0 Å². The molecular formula is C12H26O2Si. The summed E-state index contributed by atoms with van der Waals surface area (Å²) < 4.78 is 11.7. The zero-order chi connectivity index (χ0) is 11.9. The third-order valence-electron chi connectivity index (χ3n) is 2.76. The van der Waals surface area contributed by atoms with Gasteiger partial charge >= 0.3 is 0 Å². The van der Waals surface area contributed by atoms with E-state index in [2.05, 4.69) is 47.3 Å². The van der Waals surface area contributed by atoms with E-state index in [0.29, 0.717) is 6.10 Å². The Morgan fingerprint density at radius 3 is 2.07 bits per heavy atom. The van der Waals surface area contributed by atoms with Crippen LogP contribution in [0.1, 0.15) is 40.5 Å². The van der Waals surface area contributed by atoms with Gasteiger partial charge in [0, 0.05) is 0 Å². The molecule has 90 valence electrons.